The van der Waals surface area contributed by atoms with Crippen molar-refractivity contribution in [2.45, 2.75) is 73.1 Å². The topological polar surface area (TPSA) is 0 Å². The number of allylic oxidation sites excluding steroid dienone is 7. The minimum absolute atomic E-state index is 0.0842. The van der Waals surface area contributed by atoms with E-state index in [1.165, 1.54) is 105 Å². The molecule has 0 saturated carbocycles. The van der Waals surface area contributed by atoms with Crippen LogP contribution >= 0.6 is 0 Å². The van der Waals surface area contributed by atoms with Gasteiger partial charge in [0.2, 0.25) is 0 Å². The van der Waals surface area contributed by atoms with E-state index in [-0.39, 0.29) is 10.8 Å². The van der Waals surface area contributed by atoms with E-state index in [0.717, 1.165) is 0 Å². The van der Waals surface area contributed by atoms with E-state index >= 15 is 0 Å². The van der Waals surface area contributed by atoms with E-state index in [4.69, 9.17) is 0 Å². The number of benzene rings is 7. The van der Waals surface area contributed by atoms with Crippen LogP contribution in [-0.4, -0.2) is 0 Å². The van der Waals surface area contributed by atoms with Crippen molar-refractivity contribution in [3.8, 4) is 33.4 Å². The molecule has 7 aromatic rings. The van der Waals surface area contributed by atoms with Gasteiger partial charge in [0.1, 0.15) is 0 Å². The summed E-state index contributed by atoms with van der Waals surface area (Å²) in [6, 6.07) is 50.1. The van der Waals surface area contributed by atoms with Gasteiger partial charge in [0.05, 0.1) is 0 Å². The Hall–Kier alpha value is -5.98. The molecule has 0 aliphatic heterocycles. The highest BCUT2D eigenvalue weighted by atomic mass is 14.4. The van der Waals surface area contributed by atoms with Gasteiger partial charge in [-0.25, -0.2) is 0 Å². The second kappa shape index (κ2) is 14.8. The van der Waals surface area contributed by atoms with Gasteiger partial charge in [-0.3, -0.25) is 0 Å². The Labute approximate surface area is 340 Å². The second-order valence-electron chi connectivity index (χ2n) is 16.6. The van der Waals surface area contributed by atoms with Crippen LogP contribution in [0.2, 0.25) is 0 Å². The van der Waals surface area contributed by atoms with Crippen molar-refractivity contribution in [2.75, 3.05) is 0 Å². The first-order valence-electron chi connectivity index (χ1n) is 20.7. The van der Waals surface area contributed by atoms with Gasteiger partial charge < -0.3 is 0 Å². The van der Waals surface area contributed by atoms with Crippen molar-refractivity contribution in [1.29, 1.82) is 0 Å². The van der Waals surface area contributed by atoms with Gasteiger partial charge in [0.15, 0.2) is 0 Å². The number of fused-ring (bicyclic) bond motifs is 6. The summed E-state index contributed by atoms with van der Waals surface area (Å²) in [6.07, 6.45) is 11.2. The normalized spacial score (nSPS) is 15.3. The van der Waals surface area contributed by atoms with Gasteiger partial charge in [-0.15, -0.1) is 0 Å². The van der Waals surface area contributed by atoms with Gasteiger partial charge in [-0.2, -0.15) is 0 Å². The van der Waals surface area contributed by atoms with E-state index < -0.39 is 0 Å². The van der Waals surface area contributed by atoms with E-state index in [1.807, 2.05) is 13.8 Å². The lowest BCUT2D eigenvalue weighted by molar-refractivity contribution is 0.654. The SMILES string of the molecule is C/C=C\C=C/c1cc(-c2ccc3c(c2)C(C)(C)c2ccccc2-3)c2cc(-c3ccc4ccccc4c3)ccc2c1/C(C)=C/C1=C(C)c2ccccc2C1(C)C.CC. The van der Waals surface area contributed by atoms with Crippen LogP contribution in [0.5, 0.6) is 0 Å². The smallest absolute Gasteiger partial charge is 0.0159 e. The van der Waals surface area contributed by atoms with Crippen molar-refractivity contribution in [3.63, 3.8) is 0 Å². The summed E-state index contributed by atoms with van der Waals surface area (Å²) in [4.78, 5) is 0. The third kappa shape index (κ3) is 6.33. The Morgan fingerprint density at radius 2 is 1.12 bits per heavy atom. The molecule has 0 nitrogen and oxygen atoms in total. The average Bonchev–Trinajstić information content (AvgIpc) is 3.58. The summed E-state index contributed by atoms with van der Waals surface area (Å²) in [5, 5.41) is 5.06. The predicted molar refractivity (Wildman–Crippen MR) is 251 cm³/mol. The summed E-state index contributed by atoms with van der Waals surface area (Å²) in [6.45, 7) is 20.2. The Balaban J connectivity index is 0.00000224. The van der Waals surface area contributed by atoms with Crippen molar-refractivity contribution < 1.29 is 0 Å². The van der Waals surface area contributed by atoms with E-state index in [0.29, 0.717) is 0 Å². The molecular formula is C57H54. The van der Waals surface area contributed by atoms with E-state index in [2.05, 4.69) is 212 Å². The third-order valence-corrected chi connectivity index (χ3v) is 12.6. The van der Waals surface area contributed by atoms with Crippen molar-refractivity contribution in [2.24, 2.45) is 0 Å². The van der Waals surface area contributed by atoms with Crippen LogP contribution in [0.3, 0.4) is 0 Å². The summed E-state index contributed by atoms with van der Waals surface area (Å²) >= 11 is 0. The summed E-state index contributed by atoms with van der Waals surface area (Å²) in [5.74, 6) is 0. The second-order valence-corrected chi connectivity index (χ2v) is 16.6. The molecule has 2 aliphatic carbocycles. The molecule has 0 aromatic heterocycles. The van der Waals surface area contributed by atoms with Crippen LogP contribution in [0.1, 0.15) is 95.7 Å². The molecule has 0 amide bonds. The Morgan fingerprint density at radius 3 is 1.86 bits per heavy atom. The number of hydrogen-bond acceptors (Lipinski definition) is 0. The molecule has 0 atom stereocenters. The molecule has 7 aromatic carbocycles. The molecule has 0 N–H and O–H groups in total. The van der Waals surface area contributed by atoms with Gasteiger partial charge >= 0.3 is 0 Å². The molecule has 0 radical (unpaired) electrons. The summed E-state index contributed by atoms with van der Waals surface area (Å²) in [5.41, 5.74) is 19.6. The van der Waals surface area contributed by atoms with Gasteiger partial charge in [0, 0.05) is 10.8 Å². The van der Waals surface area contributed by atoms with Crippen LogP contribution in [0, 0.1) is 0 Å². The first-order valence-corrected chi connectivity index (χ1v) is 20.7. The zero-order valence-corrected chi connectivity index (χ0v) is 35.1. The summed E-state index contributed by atoms with van der Waals surface area (Å²) < 4.78 is 0. The zero-order chi connectivity index (χ0) is 40.1. The highest BCUT2D eigenvalue weighted by Gasteiger charge is 2.36. The minimum atomic E-state index is -0.0866. The molecule has 0 heterocycles. The fourth-order valence-corrected chi connectivity index (χ4v) is 9.64. The van der Waals surface area contributed by atoms with Crippen LogP contribution in [-0.2, 0) is 10.8 Å². The Kier molecular flexibility index (Phi) is 9.87. The first kappa shape index (κ1) is 37.9. The molecule has 9 rings (SSSR count). The Bertz CT molecular complexity index is 2820. The van der Waals surface area contributed by atoms with E-state index in [1.54, 1.807) is 0 Å². The molecule has 57 heavy (non-hydrogen) atoms. The van der Waals surface area contributed by atoms with Crippen LogP contribution < -0.4 is 0 Å². The summed E-state index contributed by atoms with van der Waals surface area (Å²) in [7, 11) is 0. The molecule has 0 unspecified atom stereocenters. The highest BCUT2D eigenvalue weighted by molar-refractivity contribution is 6.08. The van der Waals surface area contributed by atoms with Gasteiger partial charge in [-0.05, 0) is 150 Å². The largest absolute Gasteiger partial charge is 0.0877 e. The molecule has 282 valence electrons. The lowest BCUT2D eigenvalue weighted by atomic mass is 9.79. The molecule has 0 fully saturated rings. The minimum Gasteiger partial charge on any atom is -0.0877 e. The molecule has 0 heteroatoms. The van der Waals surface area contributed by atoms with Gasteiger partial charge in [0.25, 0.3) is 0 Å². The van der Waals surface area contributed by atoms with Crippen molar-refractivity contribution >= 4 is 38.8 Å². The standard InChI is InChI=1S/C55H48.C2H6/c1-8-9-10-19-42-33-47(41-27-28-45-44-21-14-16-23-50(44)55(6,7)52(45)34-41)48-32-40(39-25-24-37-17-11-12-18-38(37)31-39)26-29-46(48)53(42)35(2)30-51-36(3)43-20-13-15-22-49(43)54(51,4)5;1-2/h8-34H,1-7H3;1-2H3/b9-8-,19-10-,35-30+;. The van der Waals surface area contributed by atoms with Crippen LogP contribution in [0.4, 0.5) is 0 Å². The first-order chi connectivity index (χ1) is 27.6. The Morgan fingerprint density at radius 1 is 0.509 bits per heavy atom. The lowest BCUT2D eigenvalue weighted by Crippen LogP contribution is -2.16. The predicted octanol–water partition coefficient (Wildman–Crippen LogP) is 16.4. The highest BCUT2D eigenvalue weighted by Crippen LogP contribution is 2.51. The lowest BCUT2D eigenvalue weighted by Gasteiger charge is -2.24. The fraction of sp³-hybridized carbons (Fsp3) is 0.193. The molecule has 0 saturated heterocycles. The quantitative estimate of drug-likeness (QED) is 0.149. The maximum Gasteiger partial charge on any atom is 0.0159 e. The van der Waals surface area contributed by atoms with Gasteiger partial charge in [-0.1, -0.05) is 181 Å². The number of hydrogen-bond donors (Lipinski definition) is 0. The van der Waals surface area contributed by atoms with Crippen LogP contribution in [0.15, 0.2) is 163 Å². The zero-order valence-electron chi connectivity index (χ0n) is 35.1. The molecule has 2 aliphatic rings. The fourth-order valence-electron chi connectivity index (χ4n) is 9.64. The van der Waals surface area contributed by atoms with Crippen molar-refractivity contribution in [3.05, 3.63) is 197 Å². The van der Waals surface area contributed by atoms with E-state index in [9.17, 15) is 0 Å². The third-order valence-electron chi connectivity index (χ3n) is 12.6. The van der Waals surface area contributed by atoms with Crippen LogP contribution in [0.25, 0.3) is 72.1 Å². The number of rotatable bonds is 6. The monoisotopic (exact) mass is 738 g/mol. The molecule has 0 bridgehead atoms. The average molecular weight is 739 g/mol. The molecular weight excluding hydrogens is 685 g/mol. The van der Waals surface area contributed by atoms with Crippen molar-refractivity contribution in [1.82, 2.24) is 0 Å². The maximum atomic E-state index is 2.48. The maximum absolute atomic E-state index is 2.48. The molecule has 0 spiro atoms.